The van der Waals surface area contributed by atoms with E-state index in [1.54, 1.807) is 6.07 Å². The maximum absolute atomic E-state index is 13.3. The second-order valence-electron chi connectivity index (χ2n) is 8.45. The number of hydrogen-bond donors (Lipinski definition) is 1. The first-order valence-electron chi connectivity index (χ1n) is 11.6. The second-order valence-corrected chi connectivity index (χ2v) is 8.45. The molecule has 1 aromatic heterocycles. The molecule has 178 valence electrons. The summed E-state index contributed by atoms with van der Waals surface area (Å²) in [5.41, 5.74) is 3.22. The molecule has 0 saturated heterocycles. The molecule has 35 heavy (non-hydrogen) atoms. The van der Waals surface area contributed by atoms with Crippen molar-refractivity contribution in [1.82, 2.24) is 5.32 Å². The second kappa shape index (κ2) is 10.8. The Hall–Kier alpha value is -4.19. The van der Waals surface area contributed by atoms with Gasteiger partial charge in [-0.1, -0.05) is 67.6 Å². The molecule has 0 bridgehead atoms. The van der Waals surface area contributed by atoms with E-state index in [-0.39, 0.29) is 18.7 Å². The Labute approximate surface area is 203 Å². The molecular formula is C29H27NO5. The normalized spacial score (nSPS) is 11.7. The summed E-state index contributed by atoms with van der Waals surface area (Å²) in [7, 11) is 0. The Morgan fingerprint density at radius 3 is 2.26 bits per heavy atom. The first kappa shape index (κ1) is 24.0. The zero-order valence-corrected chi connectivity index (χ0v) is 19.7. The third-order valence-corrected chi connectivity index (χ3v) is 5.83. The molecule has 4 rings (SSSR count). The Kier molecular flexibility index (Phi) is 7.41. The molecule has 0 fully saturated rings. The highest BCUT2D eigenvalue weighted by atomic mass is 16.5. The predicted octanol–water partition coefficient (Wildman–Crippen LogP) is 4.54. The van der Waals surface area contributed by atoms with Crippen LogP contribution in [0.15, 0.2) is 88.1 Å². The fourth-order valence-corrected chi connectivity index (χ4v) is 4.01. The van der Waals surface area contributed by atoms with Crippen molar-refractivity contribution in [2.24, 2.45) is 0 Å². The molecule has 1 atom stereocenters. The van der Waals surface area contributed by atoms with E-state index in [2.05, 4.69) is 5.32 Å². The van der Waals surface area contributed by atoms with Crippen LogP contribution < -0.4 is 15.7 Å². The lowest BCUT2D eigenvalue weighted by Gasteiger charge is -2.19. The van der Waals surface area contributed by atoms with Gasteiger partial charge in [-0.15, -0.1) is 0 Å². The minimum Gasteiger partial charge on any atom is -0.425 e. The molecule has 0 aliphatic rings. The summed E-state index contributed by atoms with van der Waals surface area (Å²) in [5, 5.41) is 3.63. The zero-order valence-electron chi connectivity index (χ0n) is 19.7. The molecule has 1 unspecified atom stereocenters. The lowest BCUT2D eigenvalue weighted by molar-refractivity contribution is -0.139. The van der Waals surface area contributed by atoms with Gasteiger partial charge in [-0.2, -0.15) is 0 Å². The number of nitrogens with one attached hydrogen (secondary N) is 1. The SMILES string of the molecule is CCc1cc2c(C)cc(=O)oc2cc1OC(=O)C(Cc1ccccc1)NC(=O)Cc1ccccc1. The Morgan fingerprint density at radius 2 is 1.60 bits per heavy atom. The summed E-state index contributed by atoms with van der Waals surface area (Å²) in [5.74, 6) is -0.543. The first-order valence-corrected chi connectivity index (χ1v) is 11.6. The number of fused-ring (bicyclic) bond motifs is 1. The van der Waals surface area contributed by atoms with Crippen molar-refractivity contribution >= 4 is 22.8 Å². The van der Waals surface area contributed by atoms with Crippen LogP contribution in [0.25, 0.3) is 11.0 Å². The van der Waals surface area contributed by atoms with Crippen LogP contribution in [0, 0.1) is 6.92 Å². The summed E-state index contributed by atoms with van der Waals surface area (Å²) >= 11 is 0. The number of hydrogen-bond acceptors (Lipinski definition) is 5. The minimum absolute atomic E-state index is 0.153. The number of amides is 1. The lowest BCUT2D eigenvalue weighted by atomic mass is 10.0. The van der Waals surface area contributed by atoms with Gasteiger partial charge in [0.1, 0.15) is 17.4 Å². The fraction of sp³-hybridized carbons (Fsp3) is 0.207. The van der Waals surface area contributed by atoms with Gasteiger partial charge in [0.2, 0.25) is 5.91 Å². The molecule has 0 aliphatic carbocycles. The van der Waals surface area contributed by atoms with Gasteiger partial charge in [0.15, 0.2) is 0 Å². The number of aryl methyl sites for hydroxylation is 2. The summed E-state index contributed by atoms with van der Waals surface area (Å²) < 4.78 is 11.1. The summed E-state index contributed by atoms with van der Waals surface area (Å²) in [6, 6.07) is 22.8. The smallest absolute Gasteiger partial charge is 0.336 e. The van der Waals surface area contributed by atoms with E-state index < -0.39 is 17.6 Å². The number of esters is 1. The monoisotopic (exact) mass is 469 g/mol. The van der Waals surface area contributed by atoms with E-state index >= 15 is 0 Å². The van der Waals surface area contributed by atoms with Crippen LogP contribution in [0.4, 0.5) is 0 Å². The van der Waals surface area contributed by atoms with Crippen molar-refractivity contribution < 1.29 is 18.7 Å². The average Bonchev–Trinajstić information content (AvgIpc) is 2.84. The molecule has 1 amide bonds. The van der Waals surface area contributed by atoms with Gasteiger partial charge in [-0.05, 0) is 41.7 Å². The molecule has 3 aromatic carbocycles. The zero-order chi connectivity index (χ0) is 24.8. The molecule has 1 heterocycles. The van der Waals surface area contributed by atoms with Crippen LogP contribution in [0.5, 0.6) is 5.75 Å². The van der Waals surface area contributed by atoms with Gasteiger partial charge in [-0.25, -0.2) is 9.59 Å². The highest BCUT2D eigenvalue weighted by Crippen LogP contribution is 2.28. The summed E-state index contributed by atoms with van der Waals surface area (Å²) in [6.45, 7) is 3.79. The molecule has 0 saturated carbocycles. The van der Waals surface area contributed by atoms with Crippen molar-refractivity contribution in [2.45, 2.75) is 39.2 Å². The summed E-state index contributed by atoms with van der Waals surface area (Å²) in [4.78, 5) is 37.9. The van der Waals surface area contributed by atoms with Gasteiger partial charge in [0.25, 0.3) is 0 Å². The van der Waals surface area contributed by atoms with Gasteiger partial charge >= 0.3 is 11.6 Å². The third-order valence-electron chi connectivity index (χ3n) is 5.83. The van der Waals surface area contributed by atoms with Gasteiger partial charge in [0, 0.05) is 23.9 Å². The molecular weight excluding hydrogens is 442 g/mol. The van der Waals surface area contributed by atoms with Crippen LogP contribution in [-0.4, -0.2) is 17.9 Å². The number of benzene rings is 3. The standard InChI is InChI=1S/C29H27NO5/c1-3-22-17-23-19(2)14-28(32)34-26(23)18-25(22)35-29(33)24(15-20-10-6-4-7-11-20)30-27(31)16-21-12-8-5-9-13-21/h4-14,17-18,24H,3,15-16H2,1-2H3,(H,30,31). The molecule has 1 N–H and O–H groups in total. The van der Waals surface area contributed by atoms with E-state index in [1.807, 2.05) is 80.6 Å². The average molecular weight is 470 g/mol. The van der Waals surface area contributed by atoms with Crippen LogP contribution >= 0.6 is 0 Å². The van der Waals surface area contributed by atoms with E-state index in [4.69, 9.17) is 9.15 Å². The Bertz CT molecular complexity index is 1390. The van der Waals surface area contributed by atoms with E-state index in [0.29, 0.717) is 17.8 Å². The largest absolute Gasteiger partial charge is 0.425 e. The highest BCUT2D eigenvalue weighted by Gasteiger charge is 2.25. The van der Waals surface area contributed by atoms with Crippen LogP contribution in [0.2, 0.25) is 0 Å². The molecule has 6 nitrogen and oxygen atoms in total. The number of carbonyl (C=O) groups excluding carboxylic acids is 2. The molecule has 0 radical (unpaired) electrons. The van der Waals surface area contributed by atoms with E-state index in [9.17, 15) is 14.4 Å². The van der Waals surface area contributed by atoms with Gasteiger partial charge in [0.05, 0.1) is 6.42 Å². The molecule has 0 spiro atoms. The number of rotatable bonds is 8. The predicted molar refractivity (Wildman–Crippen MR) is 134 cm³/mol. The van der Waals surface area contributed by atoms with Crippen LogP contribution in [0.1, 0.15) is 29.2 Å². The molecule has 0 aliphatic heterocycles. The van der Waals surface area contributed by atoms with Crippen molar-refractivity contribution in [3.05, 3.63) is 112 Å². The fourth-order valence-electron chi connectivity index (χ4n) is 4.01. The van der Waals surface area contributed by atoms with Gasteiger partial charge < -0.3 is 14.5 Å². The van der Waals surface area contributed by atoms with Crippen LogP contribution in [0.3, 0.4) is 0 Å². The maximum atomic E-state index is 13.3. The van der Waals surface area contributed by atoms with Crippen LogP contribution in [-0.2, 0) is 28.9 Å². The Balaban J connectivity index is 1.60. The molecule has 6 heteroatoms. The summed E-state index contributed by atoms with van der Waals surface area (Å²) in [6.07, 6.45) is 1.05. The quantitative estimate of drug-likeness (QED) is 0.233. The van der Waals surface area contributed by atoms with Gasteiger partial charge in [-0.3, -0.25) is 4.79 Å². The number of ether oxygens (including phenoxy) is 1. The number of carbonyl (C=O) groups is 2. The van der Waals surface area contributed by atoms with Crippen molar-refractivity contribution in [1.29, 1.82) is 0 Å². The lowest BCUT2D eigenvalue weighted by Crippen LogP contribution is -2.45. The van der Waals surface area contributed by atoms with E-state index in [0.717, 1.165) is 27.6 Å². The molecule has 4 aromatic rings. The van der Waals surface area contributed by atoms with Crippen molar-refractivity contribution in [2.75, 3.05) is 0 Å². The highest BCUT2D eigenvalue weighted by molar-refractivity contribution is 5.88. The van der Waals surface area contributed by atoms with Crippen molar-refractivity contribution in [3.8, 4) is 5.75 Å². The maximum Gasteiger partial charge on any atom is 0.336 e. The van der Waals surface area contributed by atoms with Crippen molar-refractivity contribution in [3.63, 3.8) is 0 Å². The van der Waals surface area contributed by atoms with E-state index in [1.165, 1.54) is 6.07 Å². The topological polar surface area (TPSA) is 85.6 Å². The Morgan fingerprint density at radius 1 is 0.943 bits per heavy atom. The minimum atomic E-state index is -0.890. The third kappa shape index (κ3) is 6.03. The first-order chi connectivity index (χ1) is 16.9.